The van der Waals surface area contributed by atoms with E-state index >= 15 is 0 Å². The Labute approximate surface area is 138 Å². The molecule has 13 heteroatoms. The molecule has 2 aromatic heterocycles. The monoisotopic (exact) mass is 387 g/mol. The number of aromatic nitrogens is 4. The van der Waals surface area contributed by atoms with E-state index in [1.165, 1.54) is 6.92 Å². The quantitative estimate of drug-likeness (QED) is 0.862. The second kappa shape index (κ2) is 6.06. The normalized spacial score (nSPS) is 12.0. The van der Waals surface area contributed by atoms with Gasteiger partial charge in [0.2, 0.25) is 10.0 Å². The summed E-state index contributed by atoms with van der Waals surface area (Å²) in [5.41, 5.74) is -1.18. The molecule has 0 aliphatic carbocycles. The van der Waals surface area contributed by atoms with Crippen molar-refractivity contribution in [3.63, 3.8) is 0 Å². The molecule has 0 saturated carbocycles. The van der Waals surface area contributed by atoms with Gasteiger partial charge < -0.3 is 0 Å². The van der Waals surface area contributed by atoms with Crippen molar-refractivity contribution in [2.24, 2.45) is 0 Å². The lowest BCUT2D eigenvalue weighted by molar-refractivity contribution is 0.0640. The summed E-state index contributed by atoms with van der Waals surface area (Å²) < 4.78 is 50.9. The third-order valence-corrected chi connectivity index (χ3v) is 3.70. The van der Waals surface area contributed by atoms with Gasteiger partial charge in [-0.3, -0.25) is 4.72 Å². The summed E-state index contributed by atoms with van der Waals surface area (Å²) in [6.45, 7) is -1.90. The lowest BCUT2D eigenvalue weighted by Gasteiger charge is -2.09. The number of hydrogen-bond acceptors (Lipinski definition) is 5. The number of sulfonamides is 1. The molecular weight excluding hydrogens is 379 g/mol. The second-order valence-electron chi connectivity index (χ2n) is 4.39. The molecule has 2 heterocycles. The molecule has 8 nitrogen and oxygen atoms in total. The maximum Gasteiger partial charge on any atom is 0.356 e. The van der Waals surface area contributed by atoms with Crippen molar-refractivity contribution in [2.45, 2.75) is 13.5 Å². The van der Waals surface area contributed by atoms with E-state index in [2.05, 4.69) is 10.1 Å². The zero-order chi connectivity index (χ0) is 17.5. The molecule has 0 fully saturated rings. The van der Waals surface area contributed by atoms with Crippen molar-refractivity contribution in [3.05, 3.63) is 32.4 Å². The first kappa shape index (κ1) is 17.6. The molecule has 0 atom stereocenters. The molecule has 2 aromatic rings. The maximum absolute atomic E-state index is 12.8. The molecule has 0 aromatic carbocycles. The van der Waals surface area contributed by atoms with Gasteiger partial charge in [-0.15, -0.1) is 5.10 Å². The van der Waals surface area contributed by atoms with Gasteiger partial charge in [-0.25, -0.2) is 22.8 Å². The molecule has 0 spiro atoms. The predicted octanol–water partition coefficient (Wildman–Crippen LogP) is 1.81. The van der Waals surface area contributed by atoms with Crippen LogP contribution in [0.2, 0.25) is 10.0 Å². The Morgan fingerprint density at radius 3 is 2.39 bits per heavy atom. The number of alkyl halides is 2. The first-order chi connectivity index (χ1) is 10.5. The lowest BCUT2D eigenvalue weighted by Crippen LogP contribution is -2.26. The van der Waals surface area contributed by atoms with Crippen LogP contribution >= 0.6 is 23.2 Å². The van der Waals surface area contributed by atoms with Gasteiger partial charge in [-0.2, -0.15) is 13.5 Å². The number of aryl methyl sites for hydroxylation is 1. The largest absolute Gasteiger partial charge is 0.356 e. The van der Waals surface area contributed by atoms with Crippen molar-refractivity contribution < 1.29 is 17.2 Å². The highest BCUT2D eigenvalue weighted by Crippen LogP contribution is 2.28. The summed E-state index contributed by atoms with van der Waals surface area (Å²) in [5.74, 6) is -0.921. The first-order valence-corrected chi connectivity index (χ1v) is 8.46. The molecule has 0 bridgehead atoms. The van der Waals surface area contributed by atoms with E-state index in [0.29, 0.717) is 4.68 Å². The van der Waals surface area contributed by atoms with E-state index in [1.807, 2.05) is 4.72 Å². The summed E-state index contributed by atoms with van der Waals surface area (Å²) in [4.78, 5) is 15.8. The smallest absolute Gasteiger partial charge is 0.266 e. The highest BCUT2D eigenvalue weighted by molar-refractivity contribution is 7.92. The molecule has 0 aliphatic rings. The van der Waals surface area contributed by atoms with Gasteiger partial charge in [-0.1, -0.05) is 23.2 Å². The van der Waals surface area contributed by atoms with Gasteiger partial charge in [0.05, 0.1) is 16.3 Å². The summed E-state index contributed by atoms with van der Waals surface area (Å²) in [6, 6.07) is 1.11. The van der Waals surface area contributed by atoms with E-state index in [1.54, 1.807) is 0 Å². The SMILES string of the molecule is Cc1nn(-c2nc(NS(C)(=O)=O)c(Cl)cc2Cl)c(=O)n1C(F)F. The third-order valence-electron chi connectivity index (χ3n) is 2.57. The Morgan fingerprint density at radius 2 is 1.91 bits per heavy atom. The van der Waals surface area contributed by atoms with Gasteiger partial charge in [0.15, 0.2) is 11.6 Å². The van der Waals surface area contributed by atoms with Gasteiger partial charge >= 0.3 is 12.2 Å². The zero-order valence-corrected chi connectivity index (χ0v) is 13.9. The fourth-order valence-electron chi connectivity index (χ4n) is 1.69. The minimum Gasteiger partial charge on any atom is -0.266 e. The molecular formula is C10H9Cl2F2N5O3S. The Hall–Kier alpha value is -1.72. The summed E-state index contributed by atoms with van der Waals surface area (Å²) in [7, 11) is -3.71. The summed E-state index contributed by atoms with van der Waals surface area (Å²) in [5, 5.41) is 3.34. The maximum atomic E-state index is 12.8. The van der Waals surface area contributed by atoms with Crippen molar-refractivity contribution >= 4 is 39.0 Å². The second-order valence-corrected chi connectivity index (χ2v) is 6.95. The highest BCUT2D eigenvalue weighted by atomic mass is 35.5. The van der Waals surface area contributed by atoms with Crippen molar-refractivity contribution in [1.82, 2.24) is 19.3 Å². The van der Waals surface area contributed by atoms with Crippen LogP contribution in [0.25, 0.3) is 5.82 Å². The Kier molecular flexibility index (Phi) is 4.64. The molecule has 0 saturated heterocycles. The van der Waals surface area contributed by atoms with Crippen LogP contribution in [0.15, 0.2) is 10.9 Å². The molecule has 0 aliphatic heterocycles. The van der Waals surface area contributed by atoms with Crippen LogP contribution in [0.3, 0.4) is 0 Å². The molecule has 0 amide bonds. The molecule has 1 N–H and O–H groups in total. The Morgan fingerprint density at radius 1 is 1.30 bits per heavy atom. The van der Waals surface area contributed by atoms with Crippen molar-refractivity contribution in [3.8, 4) is 5.82 Å². The van der Waals surface area contributed by atoms with Crippen LogP contribution in [0.1, 0.15) is 12.4 Å². The van der Waals surface area contributed by atoms with E-state index in [4.69, 9.17) is 23.2 Å². The van der Waals surface area contributed by atoms with Gasteiger partial charge in [-0.05, 0) is 13.0 Å². The number of pyridine rings is 1. The number of nitrogens with zero attached hydrogens (tertiary/aromatic N) is 4. The summed E-state index contributed by atoms with van der Waals surface area (Å²) in [6.07, 6.45) is 0.862. The van der Waals surface area contributed by atoms with Gasteiger partial charge in [0, 0.05) is 0 Å². The van der Waals surface area contributed by atoms with E-state index in [0.717, 1.165) is 12.3 Å². The van der Waals surface area contributed by atoms with E-state index in [9.17, 15) is 22.0 Å². The van der Waals surface area contributed by atoms with Crippen molar-refractivity contribution in [1.29, 1.82) is 0 Å². The fourth-order valence-corrected chi connectivity index (χ4v) is 2.74. The minimum atomic E-state index is -3.71. The van der Waals surface area contributed by atoms with Crippen LogP contribution < -0.4 is 10.4 Å². The summed E-state index contributed by atoms with van der Waals surface area (Å²) >= 11 is 11.7. The van der Waals surface area contributed by atoms with Crippen LogP contribution in [0.5, 0.6) is 0 Å². The topological polar surface area (TPSA) is 98.9 Å². The lowest BCUT2D eigenvalue weighted by atomic mass is 10.4. The molecule has 0 radical (unpaired) electrons. The predicted molar refractivity (Wildman–Crippen MR) is 80.1 cm³/mol. The van der Waals surface area contributed by atoms with Gasteiger partial charge in [0.1, 0.15) is 5.82 Å². The van der Waals surface area contributed by atoms with Crippen molar-refractivity contribution in [2.75, 3.05) is 11.0 Å². The number of anilines is 1. The number of nitrogens with one attached hydrogen (secondary N) is 1. The number of hydrogen-bond donors (Lipinski definition) is 1. The highest BCUT2D eigenvalue weighted by Gasteiger charge is 2.22. The first-order valence-electron chi connectivity index (χ1n) is 5.82. The van der Waals surface area contributed by atoms with Crippen LogP contribution in [0, 0.1) is 6.92 Å². The average molecular weight is 388 g/mol. The molecule has 126 valence electrons. The van der Waals surface area contributed by atoms with Crippen LogP contribution in [-0.2, 0) is 10.0 Å². The van der Waals surface area contributed by atoms with Gasteiger partial charge in [0.25, 0.3) is 0 Å². The fraction of sp³-hybridized carbons (Fsp3) is 0.300. The standard InChI is InChI=1S/C10H9Cl2F2N5O3S/c1-4-16-19(10(20)18(4)9(13)14)8-6(12)3-5(11)7(15-8)17-23(2,21)22/h3,9H,1-2H3,(H,15,17). The van der Waals surface area contributed by atoms with Crippen LogP contribution in [0.4, 0.5) is 14.6 Å². The third kappa shape index (κ3) is 3.62. The molecule has 23 heavy (non-hydrogen) atoms. The molecule has 0 unspecified atom stereocenters. The zero-order valence-electron chi connectivity index (χ0n) is 11.6. The number of halogens is 4. The number of rotatable bonds is 4. The minimum absolute atomic E-state index is 0.135. The molecule has 2 rings (SSSR count). The van der Waals surface area contributed by atoms with E-state index in [-0.39, 0.29) is 32.1 Å². The van der Waals surface area contributed by atoms with E-state index < -0.39 is 22.3 Å². The Balaban J connectivity index is 2.68. The Bertz CT molecular complexity index is 925. The van der Waals surface area contributed by atoms with Crippen LogP contribution in [-0.4, -0.2) is 34.0 Å². The average Bonchev–Trinajstić information content (AvgIpc) is 2.66.